The number of carbonyl (C=O) groups is 1. The molecule has 3 aromatic rings. The molecule has 34 heavy (non-hydrogen) atoms. The third kappa shape index (κ3) is 6.01. The number of carbonyl (C=O) groups excluding carboxylic acids is 1. The number of anilines is 3. The molecule has 4 rings (SSSR count). The minimum atomic E-state index is -0.594. The molecule has 1 amide bonds. The van der Waals surface area contributed by atoms with E-state index in [9.17, 15) is 19.3 Å². The lowest BCUT2D eigenvalue weighted by molar-refractivity contribution is -0.384. The van der Waals surface area contributed by atoms with E-state index in [1.807, 2.05) is 0 Å². The second kappa shape index (κ2) is 10.7. The molecule has 2 aromatic carbocycles. The maximum absolute atomic E-state index is 13.4. The maximum atomic E-state index is 13.4. The summed E-state index contributed by atoms with van der Waals surface area (Å²) < 4.78 is 13.4. The van der Waals surface area contributed by atoms with Gasteiger partial charge in [-0.1, -0.05) is 18.2 Å². The van der Waals surface area contributed by atoms with Crippen LogP contribution in [0.25, 0.3) is 0 Å². The summed E-state index contributed by atoms with van der Waals surface area (Å²) in [5.41, 5.74) is 1.33. The number of aromatic nitrogens is 2. The molecule has 0 saturated carbocycles. The van der Waals surface area contributed by atoms with Crippen LogP contribution in [0.1, 0.15) is 28.8 Å². The number of nitrogens with one attached hydrogen (secondary N) is 4. The molecule has 1 saturated heterocycles. The van der Waals surface area contributed by atoms with Gasteiger partial charge in [0.1, 0.15) is 12.0 Å². The van der Waals surface area contributed by atoms with Gasteiger partial charge in [-0.25, -0.2) is 9.37 Å². The van der Waals surface area contributed by atoms with Crippen molar-refractivity contribution in [1.82, 2.24) is 20.6 Å². The molecule has 0 spiro atoms. The molecule has 1 aromatic heterocycles. The summed E-state index contributed by atoms with van der Waals surface area (Å²) in [7, 11) is 0. The number of amides is 1. The fourth-order valence-electron chi connectivity index (χ4n) is 3.64. The Morgan fingerprint density at radius 3 is 2.85 bits per heavy atom. The van der Waals surface area contributed by atoms with E-state index in [4.69, 9.17) is 0 Å². The Kier molecular flexibility index (Phi) is 7.23. The van der Waals surface area contributed by atoms with Crippen molar-refractivity contribution in [3.63, 3.8) is 0 Å². The van der Waals surface area contributed by atoms with Crippen LogP contribution < -0.4 is 21.3 Å². The molecule has 176 valence electrons. The predicted octanol–water partition coefficient (Wildman–Crippen LogP) is 3.36. The number of benzene rings is 2. The molecule has 1 unspecified atom stereocenters. The van der Waals surface area contributed by atoms with Crippen LogP contribution in [0, 0.1) is 15.9 Å². The Morgan fingerprint density at radius 1 is 1.24 bits per heavy atom. The van der Waals surface area contributed by atoms with Gasteiger partial charge >= 0.3 is 5.69 Å². The second-order valence-electron chi connectivity index (χ2n) is 7.89. The van der Waals surface area contributed by atoms with Crippen LogP contribution in [0.15, 0.2) is 54.7 Å². The van der Waals surface area contributed by atoms with Gasteiger partial charge in [-0.2, -0.15) is 4.98 Å². The fourth-order valence-corrected chi connectivity index (χ4v) is 3.64. The van der Waals surface area contributed by atoms with Crippen LogP contribution in [-0.2, 0) is 6.54 Å². The van der Waals surface area contributed by atoms with Gasteiger partial charge < -0.3 is 21.3 Å². The number of piperidine rings is 1. The van der Waals surface area contributed by atoms with Crippen LogP contribution in [0.4, 0.5) is 27.5 Å². The summed E-state index contributed by atoms with van der Waals surface area (Å²) in [5.74, 6) is -0.478. The fraction of sp³-hybridized carbons (Fsp3) is 0.261. The maximum Gasteiger partial charge on any atom is 0.329 e. The summed E-state index contributed by atoms with van der Waals surface area (Å²) in [4.78, 5) is 31.7. The van der Waals surface area contributed by atoms with Crippen molar-refractivity contribution in [3.8, 4) is 0 Å². The number of hydrogen-bond donors (Lipinski definition) is 4. The van der Waals surface area contributed by atoms with Crippen LogP contribution >= 0.6 is 0 Å². The molecule has 0 aliphatic carbocycles. The van der Waals surface area contributed by atoms with Gasteiger partial charge in [-0.15, -0.1) is 0 Å². The van der Waals surface area contributed by atoms with E-state index >= 15 is 0 Å². The van der Waals surface area contributed by atoms with Crippen LogP contribution in [0.2, 0.25) is 0 Å². The first kappa shape index (κ1) is 23.1. The molecule has 1 aliphatic rings. The second-order valence-corrected chi connectivity index (χ2v) is 7.89. The average Bonchev–Trinajstić information content (AvgIpc) is 2.83. The van der Waals surface area contributed by atoms with Crippen molar-refractivity contribution in [2.45, 2.75) is 25.4 Å². The summed E-state index contributed by atoms with van der Waals surface area (Å²) in [6, 6.07) is 12.8. The zero-order valence-corrected chi connectivity index (χ0v) is 18.3. The van der Waals surface area contributed by atoms with Gasteiger partial charge in [0.05, 0.1) is 4.92 Å². The first-order valence-electron chi connectivity index (χ1n) is 10.9. The molecule has 0 radical (unpaired) electrons. The summed E-state index contributed by atoms with van der Waals surface area (Å²) in [6.45, 7) is 1.84. The highest BCUT2D eigenvalue weighted by atomic mass is 19.1. The van der Waals surface area contributed by atoms with Crippen molar-refractivity contribution >= 4 is 29.0 Å². The lowest BCUT2D eigenvalue weighted by Crippen LogP contribution is -2.45. The first-order valence-corrected chi connectivity index (χ1v) is 10.9. The van der Waals surface area contributed by atoms with Crippen LogP contribution in [0.5, 0.6) is 0 Å². The van der Waals surface area contributed by atoms with Gasteiger partial charge in [0, 0.05) is 30.4 Å². The molecule has 2 heterocycles. The van der Waals surface area contributed by atoms with E-state index in [0.717, 1.165) is 32.1 Å². The number of nitro groups is 1. The number of rotatable bonds is 8. The lowest BCUT2D eigenvalue weighted by Gasteiger charge is -2.23. The monoisotopic (exact) mass is 465 g/mol. The third-order valence-electron chi connectivity index (χ3n) is 5.33. The van der Waals surface area contributed by atoms with E-state index < -0.39 is 10.7 Å². The highest BCUT2D eigenvalue weighted by Crippen LogP contribution is 2.24. The zero-order chi connectivity index (χ0) is 23.9. The quantitative estimate of drug-likeness (QED) is 0.294. The Bertz CT molecular complexity index is 1180. The van der Waals surface area contributed by atoms with Gasteiger partial charge in [0.2, 0.25) is 11.8 Å². The van der Waals surface area contributed by atoms with Crippen molar-refractivity contribution in [2.75, 3.05) is 23.7 Å². The Balaban J connectivity index is 1.47. The van der Waals surface area contributed by atoms with Crippen molar-refractivity contribution in [3.05, 3.63) is 81.8 Å². The van der Waals surface area contributed by atoms with E-state index in [-0.39, 0.29) is 35.9 Å². The minimum absolute atomic E-state index is 0.00884. The minimum Gasteiger partial charge on any atom is -0.360 e. The summed E-state index contributed by atoms with van der Waals surface area (Å²) >= 11 is 0. The number of hydrogen-bond acceptors (Lipinski definition) is 8. The van der Waals surface area contributed by atoms with Crippen molar-refractivity contribution in [1.29, 1.82) is 0 Å². The molecule has 0 bridgehead atoms. The van der Waals surface area contributed by atoms with E-state index in [0.29, 0.717) is 16.8 Å². The Morgan fingerprint density at radius 2 is 2.09 bits per heavy atom. The highest BCUT2D eigenvalue weighted by molar-refractivity contribution is 5.95. The molecule has 11 heteroatoms. The molecular formula is C23H24FN7O3. The lowest BCUT2D eigenvalue weighted by atomic mass is 10.1. The van der Waals surface area contributed by atoms with Crippen molar-refractivity contribution < 1.29 is 14.1 Å². The van der Waals surface area contributed by atoms with Gasteiger partial charge in [-0.05, 0) is 55.3 Å². The number of halogens is 1. The predicted molar refractivity (Wildman–Crippen MR) is 125 cm³/mol. The average molecular weight is 465 g/mol. The largest absolute Gasteiger partial charge is 0.360 e. The Labute approximate surface area is 195 Å². The standard InChI is InChI=1S/C23H24FN7O3/c24-17-6-1-4-15(10-17)12-26-21-20(31(33)34)14-27-23(30-21)29-18-7-2-5-16(11-18)22(32)28-19-8-3-9-25-13-19/h1-2,4-7,10-11,14,19,25H,3,8-9,12-13H2,(H,28,32)(H2,26,27,29,30). The van der Waals surface area contributed by atoms with Gasteiger partial charge in [-0.3, -0.25) is 14.9 Å². The van der Waals surface area contributed by atoms with Crippen molar-refractivity contribution in [2.24, 2.45) is 0 Å². The van der Waals surface area contributed by atoms with E-state index in [2.05, 4.69) is 31.2 Å². The van der Waals surface area contributed by atoms with Gasteiger partial charge in [0.25, 0.3) is 5.91 Å². The molecule has 1 aliphatic heterocycles. The summed E-state index contributed by atoms with van der Waals surface area (Å²) in [6.07, 6.45) is 3.04. The molecule has 1 fully saturated rings. The molecule has 4 N–H and O–H groups in total. The van der Waals surface area contributed by atoms with Crippen LogP contribution in [0.3, 0.4) is 0 Å². The number of nitrogens with zero attached hydrogens (tertiary/aromatic N) is 3. The van der Waals surface area contributed by atoms with E-state index in [1.165, 1.54) is 12.1 Å². The topological polar surface area (TPSA) is 134 Å². The smallest absolute Gasteiger partial charge is 0.329 e. The first-order chi connectivity index (χ1) is 16.5. The van der Waals surface area contributed by atoms with Gasteiger partial charge in [0.15, 0.2) is 0 Å². The van der Waals surface area contributed by atoms with E-state index in [1.54, 1.807) is 36.4 Å². The third-order valence-corrected chi connectivity index (χ3v) is 5.33. The normalized spacial score (nSPS) is 15.4. The molecule has 1 atom stereocenters. The Hall–Kier alpha value is -4.12. The molecule has 10 nitrogen and oxygen atoms in total. The highest BCUT2D eigenvalue weighted by Gasteiger charge is 2.19. The SMILES string of the molecule is O=C(NC1CCCNC1)c1cccc(Nc2ncc([N+](=O)[O-])c(NCc3cccc(F)c3)n2)c1. The molecular weight excluding hydrogens is 441 g/mol. The van der Waals surface area contributed by atoms with Crippen LogP contribution in [-0.4, -0.2) is 39.9 Å². The summed E-state index contributed by atoms with van der Waals surface area (Å²) in [5, 5.41) is 23.5. The zero-order valence-electron chi connectivity index (χ0n) is 18.3.